The standard InChI is InChI=1S/C12H22N4/c1-15-9-6-14-12(15)10-16-7-3-11(2-5-13)4-8-16/h6,9,11H,2-5,7-8,10,13H2,1H3. The molecule has 0 atom stereocenters. The van der Waals surface area contributed by atoms with Gasteiger partial charge in [0.2, 0.25) is 0 Å². The summed E-state index contributed by atoms with van der Waals surface area (Å²) in [6.07, 6.45) is 7.66. The van der Waals surface area contributed by atoms with Crippen molar-refractivity contribution in [2.24, 2.45) is 18.7 Å². The van der Waals surface area contributed by atoms with E-state index in [1.165, 1.54) is 32.4 Å². The zero-order chi connectivity index (χ0) is 11.4. The van der Waals surface area contributed by atoms with Crippen molar-refractivity contribution in [3.63, 3.8) is 0 Å². The average molecular weight is 222 g/mol. The van der Waals surface area contributed by atoms with Crippen LogP contribution < -0.4 is 5.73 Å². The number of nitrogens with two attached hydrogens (primary N) is 1. The third-order valence-corrected chi connectivity index (χ3v) is 3.57. The van der Waals surface area contributed by atoms with E-state index < -0.39 is 0 Å². The fraction of sp³-hybridized carbons (Fsp3) is 0.750. The van der Waals surface area contributed by atoms with Crippen molar-refractivity contribution < 1.29 is 0 Å². The van der Waals surface area contributed by atoms with Crippen LogP contribution in [0.5, 0.6) is 0 Å². The molecule has 1 aliphatic heterocycles. The van der Waals surface area contributed by atoms with Crippen LogP contribution in [0.3, 0.4) is 0 Å². The predicted octanol–water partition coefficient (Wildman–Crippen LogP) is 0.981. The maximum absolute atomic E-state index is 5.60. The zero-order valence-corrected chi connectivity index (χ0v) is 10.1. The summed E-state index contributed by atoms with van der Waals surface area (Å²) in [5.74, 6) is 2.01. The van der Waals surface area contributed by atoms with Crippen LogP contribution in [-0.4, -0.2) is 34.1 Å². The lowest BCUT2D eigenvalue weighted by atomic mass is 9.94. The summed E-state index contributed by atoms with van der Waals surface area (Å²) in [6.45, 7) is 4.21. The molecule has 0 radical (unpaired) electrons. The molecule has 0 amide bonds. The van der Waals surface area contributed by atoms with Gasteiger partial charge in [-0.25, -0.2) is 4.98 Å². The fourth-order valence-electron chi connectivity index (χ4n) is 2.42. The van der Waals surface area contributed by atoms with Crippen molar-refractivity contribution in [2.45, 2.75) is 25.8 Å². The Labute approximate surface area is 97.4 Å². The Morgan fingerprint density at radius 1 is 1.44 bits per heavy atom. The molecule has 16 heavy (non-hydrogen) atoms. The van der Waals surface area contributed by atoms with E-state index in [4.69, 9.17) is 5.73 Å². The highest BCUT2D eigenvalue weighted by Gasteiger charge is 2.19. The first-order chi connectivity index (χ1) is 7.79. The van der Waals surface area contributed by atoms with Gasteiger partial charge in [-0.15, -0.1) is 0 Å². The molecular formula is C12H22N4. The first-order valence-corrected chi connectivity index (χ1v) is 6.18. The molecule has 2 rings (SSSR count). The Hall–Kier alpha value is -0.870. The van der Waals surface area contributed by atoms with Crippen LogP contribution in [-0.2, 0) is 13.6 Å². The Kier molecular flexibility index (Phi) is 3.96. The van der Waals surface area contributed by atoms with E-state index in [0.717, 1.165) is 24.8 Å². The fourth-order valence-corrected chi connectivity index (χ4v) is 2.42. The summed E-state index contributed by atoms with van der Waals surface area (Å²) in [7, 11) is 2.06. The number of piperidine rings is 1. The average Bonchev–Trinajstić information content (AvgIpc) is 2.68. The van der Waals surface area contributed by atoms with Crippen LogP contribution in [0.4, 0.5) is 0 Å². The van der Waals surface area contributed by atoms with E-state index in [1.807, 2.05) is 12.4 Å². The Balaban J connectivity index is 1.79. The van der Waals surface area contributed by atoms with Gasteiger partial charge < -0.3 is 10.3 Å². The van der Waals surface area contributed by atoms with Crippen LogP contribution in [0.2, 0.25) is 0 Å². The Morgan fingerprint density at radius 2 is 2.19 bits per heavy atom. The van der Waals surface area contributed by atoms with Gasteiger partial charge in [-0.3, -0.25) is 4.90 Å². The van der Waals surface area contributed by atoms with E-state index in [0.29, 0.717) is 0 Å². The lowest BCUT2D eigenvalue weighted by Gasteiger charge is -2.31. The van der Waals surface area contributed by atoms with Gasteiger partial charge in [0.1, 0.15) is 5.82 Å². The van der Waals surface area contributed by atoms with Gasteiger partial charge in [-0.2, -0.15) is 0 Å². The Bertz CT molecular complexity index is 313. The molecule has 1 aliphatic rings. The number of hydrogen-bond acceptors (Lipinski definition) is 3. The minimum Gasteiger partial charge on any atom is -0.337 e. The lowest BCUT2D eigenvalue weighted by molar-refractivity contribution is 0.169. The van der Waals surface area contributed by atoms with Crippen molar-refractivity contribution in [2.75, 3.05) is 19.6 Å². The molecule has 1 fully saturated rings. The third kappa shape index (κ3) is 2.83. The molecule has 4 nitrogen and oxygen atoms in total. The topological polar surface area (TPSA) is 47.1 Å². The second kappa shape index (κ2) is 5.46. The van der Waals surface area contributed by atoms with Gasteiger partial charge >= 0.3 is 0 Å². The van der Waals surface area contributed by atoms with Gasteiger partial charge in [0.15, 0.2) is 0 Å². The molecule has 1 aromatic heterocycles. The molecular weight excluding hydrogens is 200 g/mol. The molecule has 0 aromatic carbocycles. The maximum Gasteiger partial charge on any atom is 0.122 e. The monoisotopic (exact) mass is 222 g/mol. The maximum atomic E-state index is 5.60. The van der Waals surface area contributed by atoms with Gasteiger partial charge in [-0.1, -0.05) is 0 Å². The van der Waals surface area contributed by atoms with Crippen molar-refractivity contribution in [3.05, 3.63) is 18.2 Å². The van der Waals surface area contributed by atoms with Gasteiger partial charge in [-0.05, 0) is 44.8 Å². The number of aromatic nitrogens is 2. The molecule has 2 N–H and O–H groups in total. The first-order valence-electron chi connectivity index (χ1n) is 6.18. The summed E-state index contributed by atoms with van der Waals surface area (Å²) in [5, 5.41) is 0. The lowest BCUT2D eigenvalue weighted by Crippen LogP contribution is -2.34. The summed E-state index contributed by atoms with van der Waals surface area (Å²) in [4.78, 5) is 6.86. The number of nitrogens with zero attached hydrogens (tertiary/aromatic N) is 3. The Morgan fingerprint density at radius 3 is 2.75 bits per heavy atom. The minimum atomic E-state index is 0.837. The van der Waals surface area contributed by atoms with Crippen LogP contribution in [0.25, 0.3) is 0 Å². The summed E-state index contributed by atoms with van der Waals surface area (Å²) < 4.78 is 2.10. The van der Waals surface area contributed by atoms with Crippen LogP contribution in [0.1, 0.15) is 25.1 Å². The molecule has 1 aromatic rings. The summed E-state index contributed by atoms with van der Waals surface area (Å²) >= 11 is 0. The van der Waals surface area contributed by atoms with Gasteiger partial charge in [0, 0.05) is 19.4 Å². The van der Waals surface area contributed by atoms with Crippen molar-refractivity contribution in [3.8, 4) is 0 Å². The number of imidazole rings is 1. The first kappa shape index (κ1) is 11.6. The highest BCUT2D eigenvalue weighted by molar-refractivity contribution is 4.91. The molecule has 2 heterocycles. The molecule has 90 valence electrons. The largest absolute Gasteiger partial charge is 0.337 e. The van der Waals surface area contributed by atoms with Gasteiger partial charge in [0.05, 0.1) is 6.54 Å². The number of rotatable bonds is 4. The van der Waals surface area contributed by atoms with Crippen molar-refractivity contribution in [1.29, 1.82) is 0 Å². The van der Waals surface area contributed by atoms with Gasteiger partial charge in [0.25, 0.3) is 0 Å². The summed E-state index contributed by atoms with van der Waals surface area (Å²) in [6, 6.07) is 0. The normalized spacial score (nSPS) is 19.1. The molecule has 0 unspecified atom stereocenters. The number of hydrogen-bond donors (Lipinski definition) is 1. The molecule has 0 spiro atoms. The second-order valence-corrected chi connectivity index (χ2v) is 4.75. The minimum absolute atomic E-state index is 0.837. The SMILES string of the molecule is Cn1ccnc1CN1CCC(CCN)CC1. The zero-order valence-electron chi connectivity index (χ0n) is 10.1. The van der Waals surface area contributed by atoms with E-state index >= 15 is 0 Å². The van der Waals surface area contributed by atoms with E-state index in [-0.39, 0.29) is 0 Å². The van der Waals surface area contributed by atoms with Crippen molar-refractivity contribution >= 4 is 0 Å². The molecule has 1 saturated heterocycles. The van der Waals surface area contributed by atoms with Crippen LogP contribution >= 0.6 is 0 Å². The molecule has 0 bridgehead atoms. The van der Waals surface area contributed by atoms with E-state index in [9.17, 15) is 0 Å². The molecule has 0 aliphatic carbocycles. The third-order valence-electron chi connectivity index (χ3n) is 3.57. The second-order valence-electron chi connectivity index (χ2n) is 4.75. The predicted molar refractivity (Wildman–Crippen MR) is 64.9 cm³/mol. The summed E-state index contributed by atoms with van der Waals surface area (Å²) in [5.41, 5.74) is 5.60. The van der Waals surface area contributed by atoms with E-state index in [1.54, 1.807) is 0 Å². The molecule has 4 heteroatoms. The number of likely N-dealkylation sites (tertiary alicyclic amines) is 1. The quantitative estimate of drug-likeness (QED) is 0.826. The van der Waals surface area contributed by atoms with Crippen molar-refractivity contribution in [1.82, 2.24) is 14.5 Å². The highest BCUT2D eigenvalue weighted by atomic mass is 15.2. The number of aryl methyl sites for hydroxylation is 1. The van der Waals surface area contributed by atoms with E-state index in [2.05, 4.69) is 21.5 Å². The molecule has 0 saturated carbocycles. The highest BCUT2D eigenvalue weighted by Crippen LogP contribution is 2.20. The van der Waals surface area contributed by atoms with Crippen LogP contribution in [0, 0.1) is 5.92 Å². The smallest absolute Gasteiger partial charge is 0.122 e. The van der Waals surface area contributed by atoms with Crippen LogP contribution in [0.15, 0.2) is 12.4 Å².